The first-order valence-electron chi connectivity index (χ1n) is 16.9. The Hall–Kier alpha value is -1.54. The smallest absolute Gasteiger partial charge is 0.310 e. The maximum absolute atomic E-state index is 14.3. The van der Waals surface area contributed by atoms with Crippen LogP contribution in [0.5, 0.6) is 0 Å². The zero-order valence-electron chi connectivity index (χ0n) is 26.4. The lowest BCUT2D eigenvalue weighted by Gasteiger charge is -2.47. The van der Waals surface area contributed by atoms with Crippen molar-refractivity contribution in [2.24, 2.45) is 34.5 Å². The molecule has 9 atom stereocenters. The van der Waals surface area contributed by atoms with E-state index in [9.17, 15) is 30.0 Å². The Morgan fingerprint density at radius 2 is 1.50 bits per heavy atom. The summed E-state index contributed by atoms with van der Waals surface area (Å²) in [7, 11) is 0. The van der Waals surface area contributed by atoms with Gasteiger partial charge in [-0.2, -0.15) is 0 Å². The van der Waals surface area contributed by atoms with Crippen molar-refractivity contribution in [3.63, 3.8) is 0 Å². The van der Waals surface area contributed by atoms with Gasteiger partial charge in [0.05, 0.1) is 5.41 Å². The maximum Gasteiger partial charge on any atom is 0.310 e. The Kier molecular flexibility index (Phi) is 10.8. The first-order chi connectivity index (χ1) is 20.0. The van der Waals surface area contributed by atoms with Gasteiger partial charge in [-0.3, -0.25) is 9.59 Å². The molecule has 7 nitrogen and oxygen atoms in total. The first kappa shape index (κ1) is 33.4. The molecule has 4 N–H and O–H groups in total. The number of hydrogen-bond acceptors (Lipinski definition) is 7. The fourth-order valence-corrected chi connectivity index (χ4v) is 8.78. The zero-order valence-corrected chi connectivity index (χ0v) is 26.4. The lowest BCUT2D eigenvalue weighted by atomic mass is 9.59. The SMILES string of the molecule is CCCCCCCCCCCCCCCC(=O)OC1=C[C@@H]2C(=O)[C@]3(C=C(C)[C@H](O)[C@@]3(O)[C@@H]1O)[C@H](C)C[C@@H]1[C@H]2[C@]1(C)CO. The van der Waals surface area contributed by atoms with E-state index in [4.69, 9.17) is 4.74 Å². The summed E-state index contributed by atoms with van der Waals surface area (Å²) in [6.45, 7) is 7.66. The van der Waals surface area contributed by atoms with Gasteiger partial charge >= 0.3 is 5.97 Å². The van der Waals surface area contributed by atoms with Crippen LogP contribution in [-0.2, 0) is 14.3 Å². The third-order valence-corrected chi connectivity index (χ3v) is 11.5. The Morgan fingerprint density at radius 1 is 0.952 bits per heavy atom. The van der Waals surface area contributed by atoms with Crippen molar-refractivity contribution in [1.29, 1.82) is 0 Å². The minimum atomic E-state index is -2.24. The standard InChI is InChI=1S/C35H56O7/c1-5-6-7-8-9-10-11-12-13-14-15-16-17-18-28(37)42-27-20-25-29-26(33(29,4)22-36)19-24(3)34(31(25)39)21-23(2)30(38)35(34,41)32(27)40/h20-21,24-26,29-30,32,36,38,40-41H,5-19,22H2,1-4H3/t24-,25+,26-,29+,30+,32-,33-,34+,35-/m1/s1. The quantitative estimate of drug-likeness (QED) is 0.102. The molecular formula is C35H56O7. The Morgan fingerprint density at radius 3 is 2.05 bits per heavy atom. The summed E-state index contributed by atoms with van der Waals surface area (Å²) in [5.41, 5.74) is -3.78. The molecule has 4 aliphatic rings. The third kappa shape index (κ3) is 5.80. The van der Waals surface area contributed by atoms with Gasteiger partial charge in [0.25, 0.3) is 0 Å². The van der Waals surface area contributed by atoms with Crippen LogP contribution in [0.3, 0.4) is 0 Å². The molecule has 7 heteroatoms. The van der Waals surface area contributed by atoms with E-state index >= 15 is 0 Å². The van der Waals surface area contributed by atoms with E-state index in [1.165, 1.54) is 63.9 Å². The van der Waals surface area contributed by atoms with Crippen molar-refractivity contribution in [2.75, 3.05) is 6.61 Å². The summed E-state index contributed by atoms with van der Waals surface area (Å²) < 4.78 is 5.71. The van der Waals surface area contributed by atoms with Crippen LogP contribution in [0, 0.1) is 34.5 Å². The zero-order chi connectivity index (χ0) is 30.7. The van der Waals surface area contributed by atoms with Crippen LogP contribution in [0.15, 0.2) is 23.5 Å². The van der Waals surface area contributed by atoms with Crippen LogP contribution in [0.4, 0.5) is 0 Å². The number of ketones is 1. The van der Waals surface area contributed by atoms with Crippen molar-refractivity contribution in [3.8, 4) is 0 Å². The number of allylic oxidation sites excluding steroid dienone is 1. The molecule has 4 aliphatic carbocycles. The van der Waals surface area contributed by atoms with Gasteiger partial charge in [-0.25, -0.2) is 0 Å². The molecule has 0 aromatic heterocycles. The van der Waals surface area contributed by atoms with Crippen molar-refractivity contribution in [2.45, 2.75) is 142 Å². The number of Topliss-reactive ketones (excluding diaryl/α,β-unsaturated/α-hetero) is 1. The summed E-state index contributed by atoms with van der Waals surface area (Å²) in [5.74, 6) is -2.21. The number of aliphatic hydroxyl groups excluding tert-OH is 3. The van der Waals surface area contributed by atoms with Gasteiger partial charge < -0.3 is 25.2 Å². The fraction of sp³-hybridized carbons (Fsp3) is 0.829. The van der Waals surface area contributed by atoms with Gasteiger partial charge in [0, 0.05) is 18.9 Å². The normalized spacial score (nSPS) is 38.6. The number of carbonyl (C=O) groups excluding carboxylic acids is 2. The summed E-state index contributed by atoms with van der Waals surface area (Å²) in [6, 6.07) is 0. The summed E-state index contributed by atoms with van der Waals surface area (Å²) >= 11 is 0. The van der Waals surface area contributed by atoms with Crippen LogP contribution in [-0.4, -0.2) is 56.6 Å². The highest BCUT2D eigenvalue weighted by molar-refractivity contribution is 5.95. The molecule has 2 saturated carbocycles. The minimum Gasteiger partial charge on any atom is -0.428 e. The molecule has 2 bridgehead atoms. The number of fused-ring (bicyclic) bond motifs is 3. The highest BCUT2D eigenvalue weighted by Gasteiger charge is 2.76. The molecule has 42 heavy (non-hydrogen) atoms. The molecule has 0 aromatic rings. The predicted molar refractivity (Wildman–Crippen MR) is 162 cm³/mol. The monoisotopic (exact) mass is 588 g/mol. The van der Waals surface area contributed by atoms with E-state index in [2.05, 4.69) is 6.92 Å². The summed E-state index contributed by atoms with van der Waals surface area (Å²) in [6.07, 6.45) is 16.3. The Balaban J connectivity index is 1.33. The summed E-state index contributed by atoms with van der Waals surface area (Å²) in [5, 5.41) is 45.0. The van der Waals surface area contributed by atoms with E-state index in [0.29, 0.717) is 18.4 Å². The average Bonchev–Trinajstić information content (AvgIpc) is 3.52. The number of aliphatic hydroxyl groups is 4. The van der Waals surface area contributed by atoms with Crippen molar-refractivity contribution >= 4 is 11.8 Å². The van der Waals surface area contributed by atoms with Crippen molar-refractivity contribution in [3.05, 3.63) is 23.5 Å². The van der Waals surface area contributed by atoms with Gasteiger partial charge in [-0.05, 0) is 54.6 Å². The van der Waals surface area contributed by atoms with Gasteiger partial charge in [0.2, 0.25) is 0 Å². The van der Waals surface area contributed by atoms with Crippen LogP contribution in [0.25, 0.3) is 0 Å². The van der Waals surface area contributed by atoms with Gasteiger partial charge in [-0.1, -0.05) is 104 Å². The molecule has 238 valence electrons. The second kappa shape index (κ2) is 13.6. The number of carbonyl (C=O) groups is 2. The highest BCUT2D eigenvalue weighted by atomic mass is 16.5. The molecule has 0 radical (unpaired) electrons. The van der Waals surface area contributed by atoms with E-state index in [1.807, 2.05) is 13.8 Å². The number of esters is 1. The molecule has 0 amide bonds. The number of hydrogen-bond donors (Lipinski definition) is 4. The number of rotatable bonds is 16. The van der Waals surface area contributed by atoms with Crippen LogP contribution in [0.2, 0.25) is 0 Å². The molecule has 0 saturated heterocycles. The largest absolute Gasteiger partial charge is 0.428 e. The van der Waals surface area contributed by atoms with Crippen LogP contribution >= 0.6 is 0 Å². The van der Waals surface area contributed by atoms with E-state index in [1.54, 1.807) is 13.0 Å². The minimum absolute atomic E-state index is 0.0516. The molecule has 1 spiro atoms. The fourth-order valence-electron chi connectivity index (χ4n) is 8.78. The lowest BCUT2D eigenvalue weighted by Crippen LogP contribution is -2.65. The number of unbranched alkanes of at least 4 members (excludes halogenated alkanes) is 12. The Labute approximate surface area is 252 Å². The van der Waals surface area contributed by atoms with Gasteiger partial charge in [0.15, 0.2) is 5.78 Å². The van der Waals surface area contributed by atoms with Gasteiger partial charge in [0.1, 0.15) is 23.6 Å². The molecule has 0 unspecified atom stereocenters. The molecule has 0 heterocycles. The molecular weight excluding hydrogens is 532 g/mol. The predicted octanol–water partition coefficient (Wildman–Crippen LogP) is 5.78. The second-order valence-corrected chi connectivity index (χ2v) is 14.2. The van der Waals surface area contributed by atoms with E-state index in [-0.39, 0.29) is 36.4 Å². The summed E-state index contributed by atoms with van der Waals surface area (Å²) in [4.78, 5) is 27.2. The number of ether oxygens (including phenoxy) is 1. The van der Waals surface area contributed by atoms with Crippen molar-refractivity contribution in [1.82, 2.24) is 0 Å². The topological polar surface area (TPSA) is 124 Å². The maximum atomic E-state index is 14.3. The third-order valence-electron chi connectivity index (χ3n) is 11.5. The molecule has 0 aromatic carbocycles. The molecule has 4 rings (SSSR count). The van der Waals surface area contributed by atoms with Crippen LogP contribution in [0.1, 0.15) is 124 Å². The van der Waals surface area contributed by atoms with E-state index in [0.717, 1.165) is 19.3 Å². The van der Waals surface area contributed by atoms with Gasteiger partial charge in [-0.15, -0.1) is 0 Å². The average molecular weight is 589 g/mol. The lowest BCUT2D eigenvalue weighted by molar-refractivity contribution is -0.195. The molecule has 2 fully saturated rings. The molecule has 0 aliphatic heterocycles. The van der Waals surface area contributed by atoms with Crippen molar-refractivity contribution < 1.29 is 34.8 Å². The second-order valence-electron chi connectivity index (χ2n) is 14.2. The van der Waals surface area contributed by atoms with E-state index < -0.39 is 46.4 Å². The first-order valence-corrected chi connectivity index (χ1v) is 16.9. The highest BCUT2D eigenvalue weighted by Crippen LogP contribution is 2.71. The Bertz CT molecular complexity index is 1030. The van der Waals surface area contributed by atoms with Crippen LogP contribution < -0.4 is 0 Å².